The number of hydrogen-bond donors (Lipinski definition) is 2. The lowest BCUT2D eigenvalue weighted by atomic mass is 10.1. The van der Waals surface area contributed by atoms with Crippen LogP contribution in [-0.2, 0) is 11.3 Å². The van der Waals surface area contributed by atoms with Gasteiger partial charge in [0.1, 0.15) is 0 Å². The maximum absolute atomic E-state index is 12.7. The average Bonchev–Trinajstić information content (AvgIpc) is 3.09. The lowest BCUT2D eigenvalue weighted by Crippen LogP contribution is -2.27. The lowest BCUT2D eigenvalue weighted by molar-refractivity contribution is 0.0939. The molecule has 0 saturated heterocycles. The van der Waals surface area contributed by atoms with Crippen molar-refractivity contribution in [1.29, 1.82) is 0 Å². The molecule has 2 amide bonds. The largest absolute Gasteiger partial charge is 0.385 e. The number of nitrogens with zero attached hydrogens (tertiary/aromatic N) is 2. The summed E-state index contributed by atoms with van der Waals surface area (Å²) in [5.41, 5.74) is 2.96. The molecule has 0 unspecified atom stereocenters. The molecule has 0 saturated carbocycles. The lowest BCUT2D eigenvalue weighted by Gasteiger charge is -2.05. The van der Waals surface area contributed by atoms with E-state index in [1.807, 2.05) is 37.3 Å². The number of aromatic nitrogens is 2. The standard InChI is InChI=1S/C21H24N4O3/c1-15-7-5-8-16(13-15)14-23-21(27)19-24-18(17-9-3-4-11-25(17)19)20(26)22-10-6-12-28-2/h3-5,7-9,11,13H,6,10,12,14H2,1-2H3,(H,22,26)(H,23,27). The number of carbonyl (C=O) groups excluding carboxylic acids is 2. The van der Waals surface area contributed by atoms with E-state index in [0.29, 0.717) is 31.6 Å². The van der Waals surface area contributed by atoms with Crippen molar-refractivity contribution in [3.05, 3.63) is 71.3 Å². The second-order valence-electron chi connectivity index (χ2n) is 6.51. The second kappa shape index (κ2) is 9.14. The fourth-order valence-corrected chi connectivity index (χ4v) is 2.95. The minimum absolute atomic E-state index is 0.185. The molecular formula is C21H24N4O3. The summed E-state index contributed by atoms with van der Waals surface area (Å²) in [5.74, 6) is -0.455. The van der Waals surface area contributed by atoms with E-state index in [-0.39, 0.29) is 23.3 Å². The third kappa shape index (κ3) is 4.55. The maximum Gasteiger partial charge on any atom is 0.287 e. The predicted octanol–water partition coefficient (Wildman–Crippen LogP) is 2.34. The number of fused-ring (bicyclic) bond motifs is 1. The van der Waals surface area contributed by atoms with Gasteiger partial charge in [-0.3, -0.25) is 14.0 Å². The minimum Gasteiger partial charge on any atom is -0.385 e. The Morgan fingerprint density at radius 1 is 1.11 bits per heavy atom. The molecule has 2 heterocycles. The van der Waals surface area contributed by atoms with Gasteiger partial charge >= 0.3 is 0 Å². The van der Waals surface area contributed by atoms with Gasteiger partial charge in [-0.15, -0.1) is 0 Å². The summed E-state index contributed by atoms with van der Waals surface area (Å²) < 4.78 is 6.62. The highest BCUT2D eigenvalue weighted by Crippen LogP contribution is 2.14. The van der Waals surface area contributed by atoms with Crippen molar-refractivity contribution in [3.63, 3.8) is 0 Å². The molecule has 0 bridgehead atoms. The van der Waals surface area contributed by atoms with Gasteiger partial charge in [-0.05, 0) is 31.0 Å². The van der Waals surface area contributed by atoms with Gasteiger partial charge in [0.05, 0.1) is 5.52 Å². The smallest absolute Gasteiger partial charge is 0.287 e. The Hall–Kier alpha value is -3.19. The number of carbonyl (C=O) groups is 2. The number of amides is 2. The quantitative estimate of drug-likeness (QED) is 0.588. The van der Waals surface area contributed by atoms with E-state index in [9.17, 15) is 9.59 Å². The van der Waals surface area contributed by atoms with Crippen LogP contribution >= 0.6 is 0 Å². The molecule has 2 N–H and O–H groups in total. The Labute approximate surface area is 163 Å². The van der Waals surface area contributed by atoms with Crippen molar-refractivity contribution in [1.82, 2.24) is 20.0 Å². The number of benzene rings is 1. The Balaban J connectivity index is 1.77. The molecular weight excluding hydrogens is 356 g/mol. The topological polar surface area (TPSA) is 84.7 Å². The number of methoxy groups -OCH3 is 1. The molecule has 3 rings (SSSR count). The van der Waals surface area contributed by atoms with Crippen molar-refractivity contribution >= 4 is 17.3 Å². The van der Waals surface area contributed by atoms with Crippen LogP contribution in [-0.4, -0.2) is 41.5 Å². The monoisotopic (exact) mass is 380 g/mol. The van der Waals surface area contributed by atoms with E-state index in [1.165, 1.54) is 0 Å². The van der Waals surface area contributed by atoms with Gasteiger partial charge in [-0.2, -0.15) is 0 Å². The number of nitrogens with one attached hydrogen (secondary N) is 2. The van der Waals surface area contributed by atoms with E-state index in [1.54, 1.807) is 29.8 Å². The third-order valence-electron chi connectivity index (χ3n) is 4.31. The molecule has 0 spiro atoms. The van der Waals surface area contributed by atoms with Gasteiger partial charge in [-0.1, -0.05) is 35.9 Å². The van der Waals surface area contributed by atoms with E-state index >= 15 is 0 Å². The van der Waals surface area contributed by atoms with Crippen molar-refractivity contribution < 1.29 is 14.3 Å². The van der Waals surface area contributed by atoms with Crippen molar-refractivity contribution in [2.24, 2.45) is 0 Å². The van der Waals surface area contributed by atoms with Gasteiger partial charge in [0.2, 0.25) is 5.82 Å². The summed E-state index contributed by atoms with van der Waals surface area (Å²) in [6.07, 6.45) is 2.43. The second-order valence-corrected chi connectivity index (χ2v) is 6.51. The molecule has 28 heavy (non-hydrogen) atoms. The van der Waals surface area contributed by atoms with Crippen LogP contribution < -0.4 is 10.6 Å². The Kier molecular flexibility index (Phi) is 6.39. The van der Waals surface area contributed by atoms with Crippen LogP contribution in [0.25, 0.3) is 5.52 Å². The molecule has 0 atom stereocenters. The Morgan fingerprint density at radius 2 is 1.96 bits per heavy atom. The van der Waals surface area contributed by atoms with E-state index < -0.39 is 0 Å². The molecule has 146 valence electrons. The Morgan fingerprint density at radius 3 is 2.75 bits per heavy atom. The fraction of sp³-hybridized carbons (Fsp3) is 0.286. The van der Waals surface area contributed by atoms with Crippen LogP contribution in [0, 0.1) is 6.92 Å². The summed E-state index contributed by atoms with van der Waals surface area (Å²) >= 11 is 0. The number of rotatable bonds is 8. The predicted molar refractivity (Wildman–Crippen MR) is 106 cm³/mol. The normalized spacial score (nSPS) is 10.8. The fourth-order valence-electron chi connectivity index (χ4n) is 2.95. The number of hydrogen-bond acceptors (Lipinski definition) is 4. The van der Waals surface area contributed by atoms with E-state index in [2.05, 4.69) is 15.6 Å². The van der Waals surface area contributed by atoms with Crippen LogP contribution in [0.4, 0.5) is 0 Å². The molecule has 2 aromatic heterocycles. The van der Waals surface area contributed by atoms with Crippen LogP contribution in [0.15, 0.2) is 48.7 Å². The zero-order valence-electron chi connectivity index (χ0n) is 16.1. The first kappa shape index (κ1) is 19.6. The first-order valence-electron chi connectivity index (χ1n) is 9.18. The molecule has 0 radical (unpaired) electrons. The number of imidazole rings is 1. The van der Waals surface area contributed by atoms with Crippen molar-refractivity contribution in [2.45, 2.75) is 19.9 Å². The molecule has 3 aromatic rings. The average molecular weight is 380 g/mol. The summed E-state index contributed by atoms with van der Waals surface area (Å²) in [6.45, 7) is 3.44. The summed E-state index contributed by atoms with van der Waals surface area (Å²) in [5, 5.41) is 5.69. The highest BCUT2D eigenvalue weighted by molar-refractivity contribution is 6.02. The molecule has 0 aliphatic rings. The highest BCUT2D eigenvalue weighted by Gasteiger charge is 2.21. The maximum atomic E-state index is 12.7. The molecule has 7 heteroatoms. The van der Waals surface area contributed by atoms with Crippen LogP contribution in [0.1, 0.15) is 38.7 Å². The third-order valence-corrected chi connectivity index (χ3v) is 4.31. The molecule has 0 fully saturated rings. The number of aryl methyl sites for hydroxylation is 1. The SMILES string of the molecule is COCCCNC(=O)c1nc(C(=O)NCc2cccc(C)c2)n2ccccc12. The molecule has 7 nitrogen and oxygen atoms in total. The van der Waals surface area contributed by atoms with Gasteiger partial charge in [-0.25, -0.2) is 4.98 Å². The molecule has 1 aromatic carbocycles. The zero-order chi connectivity index (χ0) is 19.9. The number of pyridine rings is 1. The first-order valence-corrected chi connectivity index (χ1v) is 9.18. The van der Waals surface area contributed by atoms with Crippen LogP contribution in [0.5, 0.6) is 0 Å². The first-order chi connectivity index (χ1) is 13.6. The van der Waals surface area contributed by atoms with Crippen LogP contribution in [0.2, 0.25) is 0 Å². The van der Waals surface area contributed by atoms with Gasteiger partial charge in [0, 0.05) is 33.0 Å². The Bertz CT molecular complexity index is 981. The van der Waals surface area contributed by atoms with E-state index in [0.717, 1.165) is 11.1 Å². The van der Waals surface area contributed by atoms with Crippen molar-refractivity contribution in [2.75, 3.05) is 20.3 Å². The number of ether oxygens (including phenoxy) is 1. The summed E-state index contributed by atoms with van der Waals surface area (Å²) in [7, 11) is 1.62. The zero-order valence-corrected chi connectivity index (χ0v) is 16.1. The molecule has 0 aliphatic carbocycles. The van der Waals surface area contributed by atoms with Crippen LogP contribution in [0.3, 0.4) is 0 Å². The summed E-state index contributed by atoms with van der Waals surface area (Å²) in [6, 6.07) is 13.3. The van der Waals surface area contributed by atoms with Gasteiger partial charge < -0.3 is 15.4 Å². The van der Waals surface area contributed by atoms with E-state index in [4.69, 9.17) is 4.74 Å². The summed E-state index contributed by atoms with van der Waals surface area (Å²) in [4.78, 5) is 29.6. The molecule has 0 aliphatic heterocycles. The van der Waals surface area contributed by atoms with Gasteiger partial charge in [0.25, 0.3) is 11.8 Å². The highest BCUT2D eigenvalue weighted by atomic mass is 16.5. The van der Waals surface area contributed by atoms with Crippen molar-refractivity contribution in [3.8, 4) is 0 Å². The van der Waals surface area contributed by atoms with Gasteiger partial charge in [0.15, 0.2) is 5.69 Å². The minimum atomic E-state index is -0.332.